The molecule has 0 aromatic heterocycles. The number of nitrogens with two attached hydrogens (primary N) is 1. The highest BCUT2D eigenvalue weighted by Crippen LogP contribution is 2.27. The van der Waals surface area contributed by atoms with Crippen molar-refractivity contribution in [3.05, 3.63) is 0 Å². The molecule has 0 aromatic rings. The molecule has 0 spiro atoms. The molecule has 2 N–H and O–H groups in total. The van der Waals surface area contributed by atoms with E-state index >= 15 is 0 Å². The predicted octanol–water partition coefficient (Wildman–Crippen LogP) is 1.60. The average molecular weight is 170 g/mol. The molecule has 0 saturated heterocycles. The molecule has 72 valence electrons. The van der Waals surface area contributed by atoms with E-state index in [0.29, 0.717) is 0 Å². The third-order valence-corrected chi connectivity index (χ3v) is 3.14. The van der Waals surface area contributed by atoms with Crippen LogP contribution in [0.25, 0.3) is 0 Å². The molecule has 1 fully saturated rings. The van der Waals surface area contributed by atoms with Crippen LogP contribution in [0.15, 0.2) is 0 Å². The van der Waals surface area contributed by atoms with Crippen molar-refractivity contribution in [1.82, 2.24) is 4.90 Å². The Morgan fingerprint density at radius 1 is 1.33 bits per heavy atom. The molecule has 2 heteroatoms. The molecule has 0 unspecified atom stereocenters. The van der Waals surface area contributed by atoms with Crippen LogP contribution in [-0.2, 0) is 0 Å². The van der Waals surface area contributed by atoms with Crippen molar-refractivity contribution in [2.75, 3.05) is 13.6 Å². The van der Waals surface area contributed by atoms with Gasteiger partial charge in [0.25, 0.3) is 0 Å². The van der Waals surface area contributed by atoms with Crippen LogP contribution in [0, 0.1) is 0 Å². The van der Waals surface area contributed by atoms with Crippen LogP contribution in [0.1, 0.15) is 39.5 Å². The van der Waals surface area contributed by atoms with E-state index in [9.17, 15) is 0 Å². The molecule has 0 bridgehead atoms. The van der Waals surface area contributed by atoms with Crippen molar-refractivity contribution in [2.45, 2.75) is 51.1 Å². The van der Waals surface area contributed by atoms with Gasteiger partial charge < -0.3 is 10.6 Å². The summed E-state index contributed by atoms with van der Waals surface area (Å²) >= 11 is 0. The normalized spacial score (nSPS) is 18.8. The SMILES string of the molecule is CCC(N)(CC)CN(C)C1CC1. The van der Waals surface area contributed by atoms with E-state index in [1.165, 1.54) is 12.8 Å². The summed E-state index contributed by atoms with van der Waals surface area (Å²) < 4.78 is 0. The van der Waals surface area contributed by atoms with Crippen LogP contribution < -0.4 is 5.73 Å². The maximum Gasteiger partial charge on any atom is 0.0278 e. The molecule has 1 aliphatic carbocycles. The van der Waals surface area contributed by atoms with E-state index in [0.717, 1.165) is 25.4 Å². The van der Waals surface area contributed by atoms with Gasteiger partial charge in [-0.3, -0.25) is 0 Å². The minimum absolute atomic E-state index is 0.0529. The number of nitrogens with zero attached hydrogens (tertiary/aromatic N) is 1. The van der Waals surface area contributed by atoms with E-state index in [1.807, 2.05) is 0 Å². The van der Waals surface area contributed by atoms with Crippen LogP contribution in [0.3, 0.4) is 0 Å². The molecule has 0 aliphatic heterocycles. The Labute approximate surface area is 76.1 Å². The second-order valence-electron chi connectivity index (χ2n) is 4.22. The van der Waals surface area contributed by atoms with Crippen molar-refractivity contribution in [3.8, 4) is 0 Å². The minimum atomic E-state index is 0.0529. The standard InChI is InChI=1S/C10H22N2/c1-4-10(11,5-2)8-12(3)9-6-7-9/h9H,4-8,11H2,1-3H3. The predicted molar refractivity (Wildman–Crippen MR) is 53.2 cm³/mol. The minimum Gasteiger partial charge on any atom is -0.324 e. The Balaban J connectivity index is 2.34. The third kappa shape index (κ3) is 2.46. The smallest absolute Gasteiger partial charge is 0.0278 e. The van der Waals surface area contributed by atoms with E-state index in [1.54, 1.807) is 0 Å². The highest BCUT2D eigenvalue weighted by Gasteiger charge is 2.31. The number of hydrogen-bond acceptors (Lipinski definition) is 2. The summed E-state index contributed by atoms with van der Waals surface area (Å²) in [6.07, 6.45) is 4.92. The molecular formula is C10H22N2. The molecule has 2 nitrogen and oxygen atoms in total. The average Bonchev–Trinajstić information content (AvgIpc) is 2.86. The van der Waals surface area contributed by atoms with E-state index in [4.69, 9.17) is 5.73 Å². The summed E-state index contributed by atoms with van der Waals surface area (Å²) in [5.74, 6) is 0. The Kier molecular flexibility index (Phi) is 3.13. The summed E-state index contributed by atoms with van der Waals surface area (Å²) in [6.45, 7) is 5.43. The van der Waals surface area contributed by atoms with Crippen LogP contribution in [0.2, 0.25) is 0 Å². The first kappa shape index (κ1) is 10.0. The van der Waals surface area contributed by atoms with Crippen LogP contribution >= 0.6 is 0 Å². The van der Waals surface area contributed by atoms with Gasteiger partial charge in [0.2, 0.25) is 0 Å². The number of hydrogen-bond donors (Lipinski definition) is 1. The highest BCUT2D eigenvalue weighted by molar-refractivity contribution is 4.90. The molecule has 1 rings (SSSR count). The van der Waals surface area contributed by atoms with Crippen LogP contribution in [0.4, 0.5) is 0 Å². The van der Waals surface area contributed by atoms with Crippen molar-refractivity contribution in [1.29, 1.82) is 0 Å². The molecular weight excluding hydrogens is 148 g/mol. The second-order valence-corrected chi connectivity index (χ2v) is 4.22. The third-order valence-electron chi connectivity index (χ3n) is 3.14. The van der Waals surface area contributed by atoms with Gasteiger partial charge in [0.1, 0.15) is 0 Å². The van der Waals surface area contributed by atoms with E-state index in [-0.39, 0.29) is 5.54 Å². The van der Waals surface area contributed by atoms with Gasteiger partial charge in [-0.25, -0.2) is 0 Å². The van der Waals surface area contributed by atoms with Gasteiger partial charge in [0.15, 0.2) is 0 Å². The molecule has 0 radical (unpaired) electrons. The number of likely N-dealkylation sites (N-methyl/N-ethyl adjacent to an activating group) is 1. The summed E-state index contributed by atoms with van der Waals surface area (Å²) in [5, 5.41) is 0. The highest BCUT2D eigenvalue weighted by atomic mass is 15.2. The van der Waals surface area contributed by atoms with Crippen LogP contribution in [0.5, 0.6) is 0 Å². The summed E-state index contributed by atoms with van der Waals surface area (Å²) in [4.78, 5) is 2.42. The molecule has 1 saturated carbocycles. The van der Waals surface area contributed by atoms with Crippen molar-refractivity contribution in [2.24, 2.45) is 5.73 Å². The Morgan fingerprint density at radius 2 is 1.83 bits per heavy atom. The topological polar surface area (TPSA) is 29.3 Å². The lowest BCUT2D eigenvalue weighted by molar-refractivity contribution is 0.227. The lowest BCUT2D eigenvalue weighted by Gasteiger charge is -2.31. The Hall–Kier alpha value is -0.0800. The lowest BCUT2D eigenvalue weighted by atomic mass is 9.94. The van der Waals surface area contributed by atoms with Crippen molar-refractivity contribution >= 4 is 0 Å². The molecule has 0 amide bonds. The monoisotopic (exact) mass is 170 g/mol. The van der Waals surface area contributed by atoms with E-state index in [2.05, 4.69) is 25.8 Å². The number of rotatable bonds is 5. The first-order valence-electron chi connectivity index (χ1n) is 5.10. The molecule has 1 aliphatic rings. The first-order valence-corrected chi connectivity index (χ1v) is 5.10. The largest absolute Gasteiger partial charge is 0.324 e. The zero-order valence-corrected chi connectivity index (χ0v) is 8.64. The molecule has 0 aromatic carbocycles. The summed E-state index contributed by atoms with van der Waals surface area (Å²) in [6, 6.07) is 0.839. The van der Waals surface area contributed by atoms with Crippen molar-refractivity contribution < 1.29 is 0 Å². The first-order chi connectivity index (χ1) is 5.61. The zero-order chi connectivity index (χ0) is 9.19. The van der Waals surface area contributed by atoms with Gasteiger partial charge in [-0.15, -0.1) is 0 Å². The zero-order valence-electron chi connectivity index (χ0n) is 8.64. The maximum absolute atomic E-state index is 6.22. The fraction of sp³-hybridized carbons (Fsp3) is 1.00. The molecule has 0 heterocycles. The van der Waals surface area contributed by atoms with Gasteiger partial charge in [0.05, 0.1) is 0 Å². The quantitative estimate of drug-likeness (QED) is 0.679. The van der Waals surface area contributed by atoms with Gasteiger partial charge >= 0.3 is 0 Å². The molecule has 12 heavy (non-hydrogen) atoms. The van der Waals surface area contributed by atoms with Gasteiger partial charge in [-0.1, -0.05) is 13.8 Å². The van der Waals surface area contributed by atoms with Gasteiger partial charge in [0, 0.05) is 18.1 Å². The lowest BCUT2D eigenvalue weighted by Crippen LogP contribution is -2.48. The summed E-state index contributed by atoms with van der Waals surface area (Å²) in [7, 11) is 2.20. The van der Waals surface area contributed by atoms with E-state index < -0.39 is 0 Å². The molecule has 0 atom stereocenters. The van der Waals surface area contributed by atoms with Gasteiger partial charge in [-0.05, 0) is 32.7 Å². The summed E-state index contributed by atoms with van der Waals surface area (Å²) in [5.41, 5.74) is 6.27. The van der Waals surface area contributed by atoms with Crippen LogP contribution in [-0.4, -0.2) is 30.1 Å². The maximum atomic E-state index is 6.22. The van der Waals surface area contributed by atoms with Crippen molar-refractivity contribution in [3.63, 3.8) is 0 Å². The Morgan fingerprint density at radius 3 is 2.17 bits per heavy atom. The fourth-order valence-electron chi connectivity index (χ4n) is 1.61. The Bertz CT molecular complexity index is 137. The fourth-order valence-corrected chi connectivity index (χ4v) is 1.61. The second kappa shape index (κ2) is 3.75. The van der Waals surface area contributed by atoms with Gasteiger partial charge in [-0.2, -0.15) is 0 Å².